The number of aromatic nitrogens is 2. The van der Waals surface area contributed by atoms with Gasteiger partial charge in [0.25, 0.3) is 0 Å². The van der Waals surface area contributed by atoms with Crippen molar-refractivity contribution in [2.75, 3.05) is 0 Å². The van der Waals surface area contributed by atoms with Crippen molar-refractivity contribution in [3.05, 3.63) is 95.8 Å². The summed E-state index contributed by atoms with van der Waals surface area (Å²) in [6.45, 7) is 0. The Kier molecular flexibility index (Phi) is 5.97. The predicted octanol–water partition coefficient (Wildman–Crippen LogP) is 5.13. The molecule has 0 saturated carbocycles. The van der Waals surface area contributed by atoms with Gasteiger partial charge in [-0.05, 0) is 60.7 Å². The molecule has 152 valence electrons. The Morgan fingerprint density at radius 1 is 0.933 bits per heavy atom. The Morgan fingerprint density at radius 2 is 1.60 bits per heavy atom. The molecule has 1 aromatic heterocycles. The van der Waals surface area contributed by atoms with Crippen LogP contribution in [0.2, 0.25) is 5.02 Å². The monoisotopic (exact) mass is 455 g/mol. The maximum atomic E-state index is 11.6. The third-order valence-corrected chi connectivity index (χ3v) is 6.66. The van der Waals surface area contributed by atoms with Gasteiger partial charge in [0, 0.05) is 33.1 Å². The summed E-state index contributed by atoms with van der Waals surface area (Å²) in [7, 11) is -3.75. The zero-order valence-electron chi connectivity index (χ0n) is 15.8. The highest BCUT2D eigenvalue weighted by molar-refractivity contribution is 7.98. The number of primary sulfonamides is 1. The largest absolute Gasteiger partial charge is 0.299 e. The van der Waals surface area contributed by atoms with Gasteiger partial charge < -0.3 is 0 Å². The molecule has 0 amide bonds. The molecule has 3 aromatic carbocycles. The minimum absolute atomic E-state index is 0.0688. The van der Waals surface area contributed by atoms with E-state index in [1.807, 2.05) is 53.2 Å². The standard InChI is InChI=1S/C22H18ClN3O2S2/c23-17-8-6-16(7-9-17)22-25-18(15-29-20-4-2-1-3-5-20)14-26(22)19-10-12-21(13-11-19)30(24,27)28/h1-14H,15H2,(H2,24,27,28). The Balaban J connectivity index is 1.71. The third-order valence-electron chi connectivity index (χ3n) is 4.43. The normalized spacial score (nSPS) is 11.5. The van der Waals surface area contributed by atoms with E-state index in [-0.39, 0.29) is 4.90 Å². The van der Waals surface area contributed by atoms with E-state index < -0.39 is 10.0 Å². The summed E-state index contributed by atoms with van der Waals surface area (Å²) in [5.41, 5.74) is 2.60. The van der Waals surface area contributed by atoms with Gasteiger partial charge in [-0.3, -0.25) is 4.57 Å². The van der Waals surface area contributed by atoms with Crippen molar-refractivity contribution >= 4 is 33.4 Å². The molecular formula is C22H18ClN3O2S2. The fourth-order valence-corrected chi connectivity index (χ4v) is 4.41. The van der Waals surface area contributed by atoms with E-state index in [0.717, 1.165) is 27.7 Å². The molecule has 0 bridgehead atoms. The van der Waals surface area contributed by atoms with Crippen LogP contribution in [0.5, 0.6) is 0 Å². The third kappa shape index (κ3) is 4.76. The van der Waals surface area contributed by atoms with E-state index in [0.29, 0.717) is 10.8 Å². The van der Waals surface area contributed by atoms with Crippen molar-refractivity contribution in [2.45, 2.75) is 15.5 Å². The number of benzene rings is 3. The topological polar surface area (TPSA) is 78.0 Å². The molecule has 2 N–H and O–H groups in total. The van der Waals surface area contributed by atoms with Crippen molar-refractivity contribution in [3.63, 3.8) is 0 Å². The van der Waals surface area contributed by atoms with Gasteiger partial charge in [-0.1, -0.05) is 29.8 Å². The van der Waals surface area contributed by atoms with Gasteiger partial charge in [0.15, 0.2) is 0 Å². The summed E-state index contributed by atoms with van der Waals surface area (Å²) in [6, 6.07) is 24.0. The fourth-order valence-electron chi connectivity index (χ4n) is 2.97. The van der Waals surface area contributed by atoms with E-state index in [1.165, 1.54) is 12.1 Å². The Morgan fingerprint density at radius 3 is 2.23 bits per heavy atom. The van der Waals surface area contributed by atoms with Gasteiger partial charge in [0.05, 0.1) is 10.6 Å². The summed E-state index contributed by atoms with van der Waals surface area (Å²) in [6.07, 6.45) is 1.96. The van der Waals surface area contributed by atoms with Gasteiger partial charge in [0.2, 0.25) is 10.0 Å². The molecule has 0 spiro atoms. The Labute approximate surface area is 184 Å². The summed E-state index contributed by atoms with van der Waals surface area (Å²) < 4.78 is 25.1. The van der Waals surface area contributed by atoms with Crippen LogP contribution in [-0.4, -0.2) is 18.0 Å². The van der Waals surface area contributed by atoms with Crippen LogP contribution >= 0.6 is 23.4 Å². The second-order valence-corrected chi connectivity index (χ2v) is 9.62. The van der Waals surface area contributed by atoms with Crippen molar-refractivity contribution < 1.29 is 8.42 Å². The lowest BCUT2D eigenvalue weighted by atomic mass is 10.2. The number of thioether (sulfide) groups is 1. The van der Waals surface area contributed by atoms with Crippen LogP contribution in [-0.2, 0) is 15.8 Å². The van der Waals surface area contributed by atoms with Crippen LogP contribution < -0.4 is 5.14 Å². The van der Waals surface area contributed by atoms with Crippen molar-refractivity contribution in [3.8, 4) is 17.1 Å². The maximum absolute atomic E-state index is 11.6. The van der Waals surface area contributed by atoms with Gasteiger partial charge in [-0.25, -0.2) is 18.5 Å². The summed E-state index contributed by atoms with van der Waals surface area (Å²) in [5.74, 6) is 1.45. The zero-order valence-corrected chi connectivity index (χ0v) is 18.2. The lowest BCUT2D eigenvalue weighted by Gasteiger charge is -2.09. The van der Waals surface area contributed by atoms with Gasteiger partial charge in [-0.2, -0.15) is 0 Å². The van der Waals surface area contributed by atoms with E-state index in [9.17, 15) is 8.42 Å². The molecule has 8 heteroatoms. The molecule has 0 saturated heterocycles. The van der Waals surface area contributed by atoms with Gasteiger partial charge in [-0.15, -0.1) is 11.8 Å². The summed E-state index contributed by atoms with van der Waals surface area (Å²) in [4.78, 5) is 6.06. The first-order chi connectivity index (χ1) is 14.4. The number of nitrogens with two attached hydrogens (primary N) is 1. The fraction of sp³-hybridized carbons (Fsp3) is 0.0455. The number of rotatable bonds is 6. The number of halogens is 1. The summed E-state index contributed by atoms with van der Waals surface area (Å²) >= 11 is 7.74. The summed E-state index contributed by atoms with van der Waals surface area (Å²) in [5, 5.41) is 5.86. The molecule has 4 rings (SSSR count). The minimum Gasteiger partial charge on any atom is -0.299 e. The molecule has 4 aromatic rings. The second kappa shape index (κ2) is 8.65. The second-order valence-electron chi connectivity index (χ2n) is 6.57. The Hall–Kier alpha value is -2.58. The number of imidazole rings is 1. The molecule has 5 nitrogen and oxygen atoms in total. The quantitative estimate of drug-likeness (QED) is 0.408. The molecule has 0 fully saturated rings. The average Bonchev–Trinajstić information content (AvgIpc) is 3.17. The lowest BCUT2D eigenvalue weighted by Crippen LogP contribution is -2.12. The van der Waals surface area contributed by atoms with Crippen LogP contribution in [0.4, 0.5) is 0 Å². The zero-order chi connectivity index (χ0) is 21.1. The molecule has 30 heavy (non-hydrogen) atoms. The first-order valence-electron chi connectivity index (χ1n) is 9.05. The number of nitrogens with zero attached hydrogens (tertiary/aromatic N) is 2. The van der Waals surface area contributed by atoms with Crippen LogP contribution in [0.25, 0.3) is 17.1 Å². The smallest absolute Gasteiger partial charge is 0.238 e. The van der Waals surface area contributed by atoms with Crippen molar-refractivity contribution in [1.82, 2.24) is 9.55 Å². The average molecular weight is 456 g/mol. The van der Waals surface area contributed by atoms with E-state index in [1.54, 1.807) is 23.9 Å². The first-order valence-corrected chi connectivity index (χ1v) is 12.0. The van der Waals surface area contributed by atoms with Crippen LogP contribution in [0, 0.1) is 0 Å². The number of sulfonamides is 1. The van der Waals surface area contributed by atoms with E-state index in [2.05, 4.69) is 12.1 Å². The molecule has 0 aliphatic heterocycles. The highest BCUT2D eigenvalue weighted by atomic mass is 35.5. The van der Waals surface area contributed by atoms with Crippen LogP contribution in [0.3, 0.4) is 0 Å². The minimum atomic E-state index is -3.75. The molecule has 0 radical (unpaired) electrons. The molecule has 0 unspecified atom stereocenters. The molecule has 0 aliphatic carbocycles. The van der Waals surface area contributed by atoms with Crippen molar-refractivity contribution in [2.24, 2.45) is 5.14 Å². The molecule has 0 atom stereocenters. The lowest BCUT2D eigenvalue weighted by molar-refractivity contribution is 0.598. The van der Waals surface area contributed by atoms with E-state index in [4.69, 9.17) is 21.7 Å². The maximum Gasteiger partial charge on any atom is 0.238 e. The van der Waals surface area contributed by atoms with E-state index >= 15 is 0 Å². The molecule has 0 aliphatic rings. The van der Waals surface area contributed by atoms with Gasteiger partial charge in [0.1, 0.15) is 5.82 Å². The Bertz CT molecular complexity index is 1250. The first kappa shape index (κ1) is 20.7. The SMILES string of the molecule is NS(=O)(=O)c1ccc(-n2cc(CSc3ccccc3)nc2-c2ccc(Cl)cc2)cc1. The van der Waals surface area contributed by atoms with Crippen molar-refractivity contribution in [1.29, 1.82) is 0 Å². The van der Waals surface area contributed by atoms with Crippen LogP contribution in [0.1, 0.15) is 5.69 Å². The van der Waals surface area contributed by atoms with Gasteiger partial charge >= 0.3 is 0 Å². The highest BCUT2D eigenvalue weighted by Gasteiger charge is 2.14. The predicted molar refractivity (Wildman–Crippen MR) is 121 cm³/mol. The molecular weight excluding hydrogens is 438 g/mol. The van der Waals surface area contributed by atoms with Crippen LogP contribution in [0.15, 0.2) is 94.9 Å². The highest BCUT2D eigenvalue weighted by Crippen LogP contribution is 2.28. The molecule has 1 heterocycles. The number of hydrogen-bond donors (Lipinski definition) is 1. The number of hydrogen-bond acceptors (Lipinski definition) is 4.